The van der Waals surface area contributed by atoms with E-state index in [1.807, 2.05) is 12.1 Å². The molecule has 0 aromatic heterocycles. The highest BCUT2D eigenvalue weighted by Gasteiger charge is 2.15. The van der Waals surface area contributed by atoms with Gasteiger partial charge in [0.15, 0.2) is 0 Å². The number of benzene rings is 1. The Morgan fingerprint density at radius 1 is 1.33 bits per heavy atom. The van der Waals surface area contributed by atoms with Crippen LogP contribution in [0.3, 0.4) is 0 Å². The molecule has 0 saturated carbocycles. The Morgan fingerprint density at radius 3 is 2.81 bits per heavy atom. The van der Waals surface area contributed by atoms with Gasteiger partial charge in [0.05, 0.1) is 12.7 Å². The lowest BCUT2D eigenvalue weighted by Crippen LogP contribution is -2.33. The second-order valence-electron chi connectivity index (χ2n) is 5.85. The fourth-order valence-electron chi connectivity index (χ4n) is 2.89. The molecular weight excluding hydrogens is 264 g/mol. The number of esters is 1. The molecule has 1 fully saturated rings. The van der Waals surface area contributed by atoms with Crippen LogP contribution < -0.4 is 10.6 Å². The van der Waals surface area contributed by atoms with Gasteiger partial charge in [0.2, 0.25) is 0 Å². The van der Waals surface area contributed by atoms with Gasteiger partial charge in [-0.1, -0.05) is 12.8 Å². The van der Waals surface area contributed by atoms with Gasteiger partial charge in [-0.05, 0) is 57.0 Å². The van der Waals surface area contributed by atoms with Crippen molar-refractivity contribution in [3.63, 3.8) is 0 Å². The summed E-state index contributed by atoms with van der Waals surface area (Å²) in [5, 5.41) is 7.13. The largest absolute Gasteiger partial charge is 0.465 e. The highest BCUT2D eigenvalue weighted by Crippen LogP contribution is 2.16. The number of methoxy groups -OCH3 is 1. The Balaban J connectivity index is 1.84. The van der Waals surface area contributed by atoms with Crippen LogP contribution in [0.25, 0.3) is 0 Å². The van der Waals surface area contributed by atoms with E-state index in [0.717, 1.165) is 18.7 Å². The van der Waals surface area contributed by atoms with Crippen molar-refractivity contribution >= 4 is 11.7 Å². The zero-order valence-corrected chi connectivity index (χ0v) is 13.0. The van der Waals surface area contributed by atoms with Crippen molar-refractivity contribution in [1.82, 2.24) is 5.32 Å². The van der Waals surface area contributed by atoms with Crippen molar-refractivity contribution < 1.29 is 9.53 Å². The van der Waals surface area contributed by atoms with E-state index >= 15 is 0 Å². The van der Waals surface area contributed by atoms with Gasteiger partial charge >= 0.3 is 5.97 Å². The standard InChI is InChI=1S/C17H26N2O2/c1-13(12-16-6-4-3-5-11-18-16)19-15-9-7-14(8-10-15)17(20)21-2/h7-10,13,16,18-19H,3-6,11-12H2,1-2H3. The third kappa shape index (κ3) is 5.05. The Hall–Kier alpha value is -1.55. The van der Waals surface area contributed by atoms with Gasteiger partial charge < -0.3 is 15.4 Å². The maximum absolute atomic E-state index is 11.4. The van der Waals surface area contributed by atoms with E-state index in [9.17, 15) is 4.79 Å². The average molecular weight is 290 g/mol. The molecule has 0 spiro atoms. The van der Waals surface area contributed by atoms with E-state index in [1.54, 1.807) is 12.1 Å². The summed E-state index contributed by atoms with van der Waals surface area (Å²) in [5.74, 6) is -0.294. The summed E-state index contributed by atoms with van der Waals surface area (Å²) >= 11 is 0. The molecule has 1 aromatic carbocycles. The fraction of sp³-hybridized carbons (Fsp3) is 0.588. The van der Waals surface area contributed by atoms with Crippen LogP contribution in [0.5, 0.6) is 0 Å². The third-order valence-corrected chi connectivity index (χ3v) is 4.02. The van der Waals surface area contributed by atoms with Crippen LogP contribution in [0, 0.1) is 0 Å². The molecule has 1 aliphatic rings. The number of ether oxygens (including phenoxy) is 1. The first kappa shape index (κ1) is 15.8. The molecule has 21 heavy (non-hydrogen) atoms. The summed E-state index contributed by atoms with van der Waals surface area (Å²) in [5.41, 5.74) is 1.63. The SMILES string of the molecule is COC(=O)c1ccc(NC(C)CC2CCCCCN2)cc1. The molecule has 0 bridgehead atoms. The number of hydrogen-bond acceptors (Lipinski definition) is 4. The van der Waals surface area contributed by atoms with Gasteiger partial charge in [0, 0.05) is 17.8 Å². The van der Waals surface area contributed by atoms with Crippen LogP contribution >= 0.6 is 0 Å². The Bertz CT molecular complexity index is 437. The zero-order valence-electron chi connectivity index (χ0n) is 13.0. The molecule has 4 nitrogen and oxygen atoms in total. The maximum Gasteiger partial charge on any atom is 0.337 e. The first-order valence-corrected chi connectivity index (χ1v) is 7.87. The number of carbonyl (C=O) groups excluding carboxylic acids is 1. The Labute approximate surface area is 127 Å². The predicted octanol–water partition coefficient (Wildman–Crippen LogP) is 3.20. The van der Waals surface area contributed by atoms with Crippen molar-refractivity contribution in [3.05, 3.63) is 29.8 Å². The Morgan fingerprint density at radius 2 is 2.10 bits per heavy atom. The molecule has 1 aromatic rings. The van der Waals surface area contributed by atoms with Crippen LogP contribution in [0.4, 0.5) is 5.69 Å². The van der Waals surface area contributed by atoms with E-state index in [1.165, 1.54) is 32.8 Å². The summed E-state index contributed by atoms with van der Waals surface area (Å²) in [6.07, 6.45) is 6.37. The molecule has 116 valence electrons. The molecule has 2 N–H and O–H groups in total. The average Bonchev–Trinajstić information content (AvgIpc) is 2.75. The summed E-state index contributed by atoms with van der Waals surface area (Å²) in [7, 11) is 1.40. The molecular formula is C17H26N2O2. The molecule has 0 amide bonds. The van der Waals surface area contributed by atoms with Gasteiger partial charge in [-0.15, -0.1) is 0 Å². The van der Waals surface area contributed by atoms with Crippen molar-refractivity contribution in [2.45, 2.75) is 51.1 Å². The summed E-state index contributed by atoms with van der Waals surface area (Å²) in [6, 6.07) is 8.48. The fourth-order valence-corrected chi connectivity index (χ4v) is 2.89. The van der Waals surface area contributed by atoms with Gasteiger partial charge in [0.25, 0.3) is 0 Å². The van der Waals surface area contributed by atoms with Crippen molar-refractivity contribution in [3.8, 4) is 0 Å². The van der Waals surface area contributed by atoms with E-state index < -0.39 is 0 Å². The van der Waals surface area contributed by atoms with Gasteiger partial charge in [-0.3, -0.25) is 0 Å². The van der Waals surface area contributed by atoms with Crippen LogP contribution in [-0.2, 0) is 4.74 Å². The topological polar surface area (TPSA) is 50.4 Å². The van der Waals surface area contributed by atoms with Crippen molar-refractivity contribution in [2.24, 2.45) is 0 Å². The first-order valence-electron chi connectivity index (χ1n) is 7.87. The number of anilines is 1. The second-order valence-corrected chi connectivity index (χ2v) is 5.85. The van der Waals surface area contributed by atoms with Crippen molar-refractivity contribution in [1.29, 1.82) is 0 Å². The molecule has 1 saturated heterocycles. The zero-order chi connectivity index (χ0) is 15.1. The molecule has 1 heterocycles. The lowest BCUT2D eigenvalue weighted by atomic mass is 10.0. The van der Waals surface area contributed by atoms with E-state index in [2.05, 4.69) is 17.6 Å². The number of carbonyl (C=O) groups is 1. The predicted molar refractivity (Wildman–Crippen MR) is 85.7 cm³/mol. The highest BCUT2D eigenvalue weighted by atomic mass is 16.5. The number of rotatable bonds is 5. The number of nitrogens with one attached hydrogen (secondary N) is 2. The van der Waals surface area contributed by atoms with Crippen LogP contribution in [0.1, 0.15) is 49.4 Å². The Kier molecular flexibility index (Phi) is 6.05. The van der Waals surface area contributed by atoms with Crippen LogP contribution in [-0.4, -0.2) is 31.7 Å². The lowest BCUT2D eigenvalue weighted by molar-refractivity contribution is 0.0601. The van der Waals surface area contributed by atoms with E-state index in [4.69, 9.17) is 4.74 Å². The lowest BCUT2D eigenvalue weighted by Gasteiger charge is -2.22. The third-order valence-electron chi connectivity index (χ3n) is 4.02. The molecule has 1 aliphatic heterocycles. The quantitative estimate of drug-likeness (QED) is 0.818. The first-order chi connectivity index (χ1) is 10.2. The minimum absolute atomic E-state index is 0.294. The molecule has 0 radical (unpaired) electrons. The van der Waals surface area contributed by atoms with Crippen LogP contribution in [0.2, 0.25) is 0 Å². The molecule has 4 heteroatoms. The summed E-state index contributed by atoms with van der Waals surface area (Å²) in [4.78, 5) is 11.4. The second kappa shape index (κ2) is 8.03. The minimum Gasteiger partial charge on any atom is -0.465 e. The van der Waals surface area contributed by atoms with E-state index in [-0.39, 0.29) is 5.97 Å². The van der Waals surface area contributed by atoms with Gasteiger partial charge in [-0.25, -0.2) is 4.79 Å². The monoisotopic (exact) mass is 290 g/mol. The summed E-state index contributed by atoms with van der Waals surface area (Å²) < 4.78 is 4.70. The van der Waals surface area contributed by atoms with Crippen molar-refractivity contribution in [2.75, 3.05) is 19.0 Å². The van der Waals surface area contributed by atoms with E-state index in [0.29, 0.717) is 17.6 Å². The molecule has 0 aliphatic carbocycles. The summed E-state index contributed by atoms with van der Waals surface area (Å²) in [6.45, 7) is 3.35. The van der Waals surface area contributed by atoms with Gasteiger partial charge in [0.1, 0.15) is 0 Å². The minimum atomic E-state index is -0.294. The molecule has 2 unspecified atom stereocenters. The molecule has 2 atom stereocenters. The van der Waals surface area contributed by atoms with Crippen LogP contribution in [0.15, 0.2) is 24.3 Å². The smallest absolute Gasteiger partial charge is 0.337 e. The normalized spacial score (nSPS) is 20.4. The number of hydrogen-bond donors (Lipinski definition) is 2. The maximum atomic E-state index is 11.4. The molecule has 2 rings (SSSR count). The highest BCUT2D eigenvalue weighted by molar-refractivity contribution is 5.89. The van der Waals surface area contributed by atoms with Gasteiger partial charge in [-0.2, -0.15) is 0 Å².